The molecule has 2 rings (SSSR count). The molecule has 1 unspecified atom stereocenters. The third kappa shape index (κ3) is 2.18. The van der Waals surface area contributed by atoms with Gasteiger partial charge in [0.05, 0.1) is 12.7 Å². The van der Waals surface area contributed by atoms with Gasteiger partial charge in [-0.25, -0.2) is 9.18 Å². The Morgan fingerprint density at radius 2 is 2.22 bits per heavy atom. The van der Waals surface area contributed by atoms with Crippen LogP contribution in [0.1, 0.15) is 25.3 Å². The summed E-state index contributed by atoms with van der Waals surface area (Å²) in [5.41, 5.74) is -1.43. The highest BCUT2D eigenvalue weighted by Gasteiger charge is 2.43. The Bertz CT molecular complexity index is 473. The maximum absolute atomic E-state index is 14.0. The fourth-order valence-corrected chi connectivity index (χ4v) is 2.04. The molecule has 0 amide bonds. The van der Waals surface area contributed by atoms with E-state index >= 15 is 0 Å². The van der Waals surface area contributed by atoms with Gasteiger partial charge in [-0.2, -0.15) is 0 Å². The maximum Gasteiger partial charge on any atom is 0.328 e. The van der Waals surface area contributed by atoms with Crippen molar-refractivity contribution in [1.29, 1.82) is 0 Å². The molecule has 1 atom stereocenters. The largest absolute Gasteiger partial charge is 0.496 e. The zero-order valence-corrected chi connectivity index (χ0v) is 10.4. The summed E-state index contributed by atoms with van der Waals surface area (Å²) in [6.45, 7) is 1.47. The Labute approximate surface area is 105 Å². The first-order valence-corrected chi connectivity index (χ1v) is 5.83. The quantitative estimate of drug-likeness (QED) is 0.841. The lowest BCUT2D eigenvalue weighted by Gasteiger charge is -2.28. The number of aliphatic carboxylic acids is 1. The SMILES string of the molecule is COc1cccc(F)c1C(C)(NC1CC1)C(=O)O. The van der Waals surface area contributed by atoms with E-state index < -0.39 is 17.3 Å². The number of carboxylic acids is 1. The summed E-state index contributed by atoms with van der Waals surface area (Å²) in [5, 5.41) is 12.4. The highest BCUT2D eigenvalue weighted by molar-refractivity contribution is 5.81. The fraction of sp³-hybridized carbons (Fsp3) is 0.462. The first-order valence-electron chi connectivity index (χ1n) is 5.83. The smallest absolute Gasteiger partial charge is 0.328 e. The molecule has 1 saturated carbocycles. The van der Waals surface area contributed by atoms with Crippen molar-refractivity contribution < 1.29 is 19.0 Å². The second-order valence-corrected chi connectivity index (χ2v) is 4.67. The van der Waals surface area contributed by atoms with Gasteiger partial charge in [0.25, 0.3) is 0 Å². The first kappa shape index (κ1) is 12.8. The van der Waals surface area contributed by atoms with Crippen molar-refractivity contribution in [2.24, 2.45) is 0 Å². The van der Waals surface area contributed by atoms with Gasteiger partial charge in [0, 0.05) is 6.04 Å². The summed E-state index contributed by atoms with van der Waals surface area (Å²) < 4.78 is 19.1. The molecule has 0 spiro atoms. The van der Waals surface area contributed by atoms with Gasteiger partial charge in [-0.05, 0) is 31.9 Å². The molecule has 1 aromatic carbocycles. The van der Waals surface area contributed by atoms with E-state index in [0.717, 1.165) is 12.8 Å². The molecule has 0 heterocycles. The van der Waals surface area contributed by atoms with E-state index in [4.69, 9.17) is 4.74 Å². The summed E-state index contributed by atoms with van der Waals surface area (Å²) in [4.78, 5) is 11.5. The van der Waals surface area contributed by atoms with Crippen molar-refractivity contribution in [1.82, 2.24) is 5.32 Å². The summed E-state index contributed by atoms with van der Waals surface area (Å²) in [6, 6.07) is 4.44. The van der Waals surface area contributed by atoms with Crippen LogP contribution in [0.15, 0.2) is 18.2 Å². The standard InChI is InChI=1S/C13H16FNO3/c1-13(12(16)17,15-8-6-7-8)11-9(14)4-3-5-10(11)18-2/h3-5,8,15H,6-7H2,1-2H3,(H,16,17). The molecule has 0 aliphatic heterocycles. The van der Waals surface area contributed by atoms with Crippen LogP contribution in [0.2, 0.25) is 0 Å². The Morgan fingerprint density at radius 1 is 1.56 bits per heavy atom. The van der Waals surface area contributed by atoms with Crippen LogP contribution >= 0.6 is 0 Å². The van der Waals surface area contributed by atoms with E-state index in [-0.39, 0.29) is 17.4 Å². The number of benzene rings is 1. The topological polar surface area (TPSA) is 58.6 Å². The number of carboxylic acid groups (broad SMARTS) is 1. The minimum atomic E-state index is -1.47. The van der Waals surface area contributed by atoms with Crippen molar-refractivity contribution in [3.05, 3.63) is 29.6 Å². The van der Waals surface area contributed by atoms with E-state index in [2.05, 4.69) is 5.32 Å². The highest BCUT2D eigenvalue weighted by Crippen LogP contribution is 2.35. The van der Waals surface area contributed by atoms with E-state index in [1.54, 1.807) is 6.07 Å². The molecule has 1 fully saturated rings. The Morgan fingerprint density at radius 3 is 2.72 bits per heavy atom. The Kier molecular flexibility index (Phi) is 3.26. The minimum Gasteiger partial charge on any atom is -0.496 e. The predicted octanol–water partition coefficient (Wildman–Crippen LogP) is 1.89. The second-order valence-electron chi connectivity index (χ2n) is 4.67. The third-order valence-electron chi connectivity index (χ3n) is 3.19. The molecule has 18 heavy (non-hydrogen) atoms. The number of halogens is 1. The van der Waals surface area contributed by atoms with Crippen LogP contribution in [0, 0.1) is 5.82 Å². The van der Waals surface area contributed by atoms with Gasteiger partial charge in [0.2, 0.25) is 0 Å². The number of hydrogen-bond donors (Lipinski definition) is 2. The van der Waals surface area contributed by atoms with E-state index in [0.29, 0.717) is 0 Å². The molecule has 1 aliphatic rings. The van der Waals surface area contributed by atoms with Crippen LogP contribution in [-0.2, 0) is 10.3 Å². The number of nitrogens with one attached hydrogen (secondary N) is 1. The monoisotopic (exact) mass is 253 g/mol. The van der Waals surface area contributed by atoms with Gasteiger partial charge < -0.3 is 9.84 Å². The van der Waals surface area contributed by atoms with Gasteiger partial charge in [-0.3, -0.25) is 5.32 Å². The molecule has 0 aromatic heterocycles. The first-order chi connectivity index (χ1) is 8.49. The average molecular weight is 253 g/mol. The van der Waals surface area contributed by atoms with Gasteiger partial charge in [-0.1, -0.05) is 6.07 Å². The van der Waals surface area contributed by atoms with E-state index in [1.165, 1.54) is 26.2 Å². The van der Waals surface area contributed by atoms with Gasteiger partial charge in [0.1, 0.15) is 17.1 Å². The van der Waals surface area contributed by atoms with E-state index in [1.807, 2.05) is 0 Å². The van der Waals surface area contributed by atoms with Crippen molar-refractivity contribution in [2.45, 2.75) is 31.3 Å². The normalized spacial score (nSPS) is 18.2. The molecular formula is C13H16FNO3. The molecule has 4 nitrogen and oxygen atoms in total. The number of carbonyl (C=O) groups is 1. The molecule has 0 radical (unpaired) electrons. The number of hydrogen-bond acceptors (Lipinski definition) is 3. The number of ether oxygens (including phenoxy) is 1. The van der Waals surface area contributed by atoms with Crippen LogP contribution in [0.25, 0.3) is 0 Å². The van der Waals surface area contributed by atoms with Gasteiger partial charge in [0.15, 0.2) is 0 Å². The lowest BCUT2D eigenvalue weighted by atomic mass is 9.90. The number of rotatable bonds is 5. The molecule has 0 bridgehead atoms. The van der Waals surface area contributed by atoms with Crippen molar-refractivity contribution in [2.75, 3.05) is 7.11 Å². The van der Waals surface area contributed by atoms with Crippen LogP contribution < -0.4 is 10.1 Å². The zero-order valence-electron chi connectivity index (χ0n) is 10.4. The Hall–Kier alpha value is -1.62. The van der Waals surface area contributed by atoms with Gasteiger partial charge in [-0.15, -0.1) is 0 Å². The van der Waals surface area contributed by atoms with Crippen LogP contribution in [-0.4, -0.2) is 24.2 Å². The fourth-order valence-electron chi connectivity index (χ4n) is 2.04. The van der Waals surface area contributed by atoms with Crippen molar-refractivity contribution >= 4 is 5.97 Å². The lowest BCUT2D eigenvalue weighted by Crippen LogP contribution is -2.48. The molecule has 98 valence electrons. The predicted molar refractivity (Wildman–Crippen MR) is 64.1 cm³/mol. The van der Waals surface area contributed by atoms with Crippen molar-refractivity contribution in [3.8, 4) is 5.75 Å². The van der Waals surface area contributed by atoms with Crippen LogP contribution in [0.4, 0.5) is 4.39 Å². The zero-order chi connectivity index (χ0) is 13.3. The molecule has 2 N–H and O–H groups in total. The summed E-state index contributed by atoms with van der Waals surface area (Å²) >= 11 is 0. The molecule has 0 saturated heterocycles. The van der Waals surface area contributed by atoms with Crippen molar-refractivity contribution in [3.63, 3.8) is 0 Å². The second kappa shape index (κ2) is 4.57. The molecule has 1 aliphatic carbocycles. The highest BCUT2D eigenvalue weighted by atomic mass is 19.1. The van der Waals surface area contributed by atoms with Gasteiger partial charge >= 0.3 is 5.97 Å². The maximum atomic E-state index is 14.0. The van der Waals surface area contributed by atoms with Crippen LogP contribution in [0.5, 0.6) is 5.75 Å². The summed E-state index contributed by atoms with van der Waals surface area (Å²) in [7, 11) is 1.40. The molecule has 1 aromatic rings. The summed E-state index contributed by atoms with van der Waals surface area (Å²) in [5.74, 6) is -1.45. The lowest BCUT2D eigenvalue weighted by molar-refractivity contribution is -0.144. The molecular weight excluding hydrogens is 237 g/mol. The van der Waals surface area contributed by atoms with E-state index in [9.17, 15) is 14.3 Å². The summed E-state index contributed by atoms with van der Waals surface area (Å²) in [6.07, 6.45) is 1.83. The molecule has 5 heteroatoms. The average Bonchev–Trinajstić information content (AvgIpc) is 3.11. The minimum absolute atomic E-state index is 0.0481. The number of methoxy groups -OCH3 is 1. The third-order valence-corrected chi connectivity index (χ3v) is 3.19. The Balaban J connectivity index is 2.50. The van der Waals surface area contributed by atoms with Crippen LogP contribution in [0.3, 0.4) is 0 Å².